The number of allylic oxidation sites excluding steroid dienone is 10. The lowest BCUT2D eigenvalue weighted by molar-refractivity contribution is 0.295. The molecule has 0 heterocycles. The lowest BCUT2D eigenvalue weighted by Crippen LogP contribution is -2.25. The van der Waals surface area contributed by atoms with Crippen LogP contribution in [0.5, 0.6) is 0 Å². The van der Waals surface area contributed by atoms with Crippen molar-refractivity contribution in [3.63, 3.8) is 0 Å². The molecule has 3 aliphatic carbocycles. The molecule has 0 unspecified atom stereocenters. The highest BCUT2D eigenvalue weighted by molar-refractivity contribution is 5.44. The number of hydrogen-bond acceptors (Lipinski definition) is 0. The molecule has 0 aromatic heterocycles. The second kappa shape index (κ2) is 3.35. The third-order valence-electron chi connectivity index (χ3n) is 4.16. The zero-order chi connectivity index (χ0) is 11.2. The molecule has 0 radical (unpaired) electrons. The van der Waals surface area contributed by atoms with Gasteiger partial charge in [0, 0.05) is 5.41 Å². The van der Waals surface area contributed by atoms with Crippen LogP contribution in [-0.4, -0.2) is 0 Å². The summed E-state index contributed by atoms with van der Waals surface area (Å²) in [6.07, 6.45) is 19.5. The van der Waals surface area contributed by atoms with Crippen molar-refractivity contribution in [2.75, 3.05) is 0 Å². The smallest absolute Gasteiger partial charge is 0.0110 e. The van der Waals surface area contributed by atoms with E-state index in [-0.39, 0.29) is 5.41 Å². The van der Waals surface area contributed by atoms with Crippen LogP contribution in [0.4, 0.5) is 0 Å². The lowest BCUT2D eigenvalue weighted by atomic mass is 9.72. The zero-order valence-corrected chi connectivity index (χ0v) is 9.98. The zero-order valence-electron chi connectivity index (χ0n) is 9.98. The molecule has 3 rings (SSSR count). The molecule has 0 fully saturated rings. The van der Waals surface area contributed by atoms with Gasteiger partial charge in [-0.3, -0.25) is 0 Å². The summed E-state index contributed by atoms with van der Waals surface area (Å²) in [5.74, 6) is 1.37. The number of rotatable bonds is 0. The molecular weight excluding hydrogens is 192 g/mol. The van der Waals surface area contributed by atoms with Gasteiger partial charge in [0.25, 0.3) is 0 Å². The first-order valence-electron chi connectivity index (χ1n) is 6.15. The first kappa shape index (κ1) is 9.89. The topological polar surface area (TPSA) is 0 Å². The second-order valence-electron chi connectivity index (χ2n) is 5.48. The van der Waals surface area contributed by atoms with E-state index in [1.165, 1.54) is 17.6 Å². The summed E-state index contributed by atoms with van der Waals surface area (Å²) in [4.78, 5) is 0. The summed E-state index contributed by atoms with van der Waals surface area (Å²) in [5, 5.41) is 0. The molecule has 16 heavy (non-hydrogen) atoms. The summed E-state index contributed by atoms with van der Waals surface area (Å²) >= 11 is 0. The predicted octanol–water partition coefficient (Wildman–Crippen LogP) is 4.20. The first-order valence-corrected chi connectivity index (χ1v) is 6.15. The van der Waals surface area contributed by atoms with E-state index in [1.807, 2.05) is 0 Å². The maximum Gasteiger partial charge on any atom is 0.0110 e. The van der Waals surface area contributed by atoms with Crippen molar-refractivity contribution in [2.24, 2.45) is 17.3 Å². The van der Waals surface area contributed by atoms with Crippen LogP contribution in [0.1, 0.15) is 20.3 Å². The molecule has 82 valence electrons. The Morgan fingerprint density at radius 2 is 1.88 bits per heavy atom. The van der Waals surface area contributed by atoms with E-state index in [2.05, 4.69) is 62.5 Å². The first-order chi connectivity index (χ1) is 7.69. The largest absolute Gasteiger partial charge is 0.0739 e. The Bertz CT molecular complexity index is 456. The minimum atomic E-state index is 0.228. The van der Waals surface area contributed by atoms with Gasteiger partial charge >= 0.3 is 0 Å². The average Bonchev–Trinajstić information content (AvgIpc) is 2.54. The quantitative estimate of drug-likeness (QED) is 0.562. The molecular formula is C16H18. The van der Waals surface area contributed by atoms with Crippen LogP contribution in [0.2, 0.25) is 0 Å². The third-order valence-corrected chi connectivity index (χ3v) is 4.16. The van der Waals surface area contributed by atoms with Gasteiger partial charge in [-0.15, -0.1) is 0 Å². The average molecular weight is 210 g/mol. The Kier molecular flexibility index (Phi) is 2.07. The molecule has 0 heteroatoms. The van der Waals surface area contributed by atoms with Crippen LogP contribution in [0, 0.1) is 17.3 Å². The van der Waals surface area contributed by atoms with Crippen LogP contribution in [0.3, 0.4) is 0 Å². The van der Waals surface area contributed by atoms with Crippen molar-refractivity contribution in [1.29, 1.82) is 0 Å². The normalized spacial score (nSPS) is 48.4. The van der Waals surface area contributed by atoms with Gasteiger partial charge in [-0.2, -0.15) is 0 Å². The van der Waals surface area contributed by atoms with Gasteiger partial charge in [0.1, 0.15) is 0 Å². The molecule has 0 saturated heterocycles. The van der Waals surface area contributed by atoms with Crippen molar-refractivity contribution >= 4 is 0 Å². The Morgan fingerprint density at radius 1 is 1.12 bits per heavy atom. The Labute approximate surface area is 97.7 Å². The Morgan fingerprint density at radius 3 is 2.75 bits per heavy atom. The highest BCUT2D eigenvalue weighted by Gasteiger charge is 2.40. The maximum absolute atomic E-state index is 2.39. The van der Waals surface area contributed by atoms with E-state index in [4.69, 9.17) is 0 Å². The van der Waals surface area contributed by atoms with Crippen LogP contribution in [0.15, 0.2) is 59.8 Å². The van der Waals surface area contributed by atoms with Gasteiger partial charge in [0.2, 0.25) is 0 Å². The molecule has 0 amide bonds. The summed E-state index contributed by atoms with van der Waals surface area (Å²) in [6.45, 7) is 4.74. The maximum atomic E-state index is 2.39. The highest BCUT2D eigenvalue weighted by Crippen LogP contribution is 2.50. The molecule has 3 atom stereocenters. The fraction of sp³-hybridized carbons (Fsp3) is 0.375. The number of hydrogen-bond donors (Lipinski definition) is 0. The van der Waals surface area contributed by atoms with Crippen molar-refractivity contribution in [1.82, 2.24) is 0 Å². The van der Waals surface area contributed by atoms with Crippen LogP contribution < -0.4 is 0 Å². The van der Waals surface area contributed by atoms with Gasteiger partial charge in [0.05, 0.1) is 0 Å². The van der Waals surface area contributed by atoms with Crippen molar-refractivity contribution in [3.05, 3.63) is 59.8 Å². The van der Waals surface area contributed by atoms with Gasteiger partial charge < -0.3 is 0 Å². The minimum absolute atomic E-state index is 0.228. The van der Waals surface area contributed by atoms with E-state index in [1.54, 1.807) is 0 Å². The summed E-state index contributed by atoms with van der Waals surface area (Å²) < 4.78 is 0. The Balaban J connectivity index is 2.22. The molecule has 0 nitrogen and oxygen atoms in total. The summed E-state index contributed by atoms with van der Waals surface area (Å²) in [6, 6.07) is 0. The lowest BCUT2D eigenvalue weighted by Gasteiger charge is -2.31. The van der Waals surface area contributed by atoms with Gasteiger partial charge in [0.15, 0.2) is 0 Å². The molecule has 0 N–H and O–H groups in total. The van der Waals surface area contributed by atoms with Crippen LogP contribution >= 0.6 is 0 Å². The molecule has 3 aliphatic rings. The summed E-state index contributed by atoms with van der Waals surface area (Å²) in [5.41, 5.74) is 3.18. The molecule has 2 bridgehead atoms. The molecule has 0 aliphatic heterocycles. The third kappa shape index (κ3) is 1.36. The van der Waals surface area contributed by atoms with Crippen molar-refractivity contribution in [3.8, 4) is 0 Å². The standard InChI is InChI=1S/C16H18/c1-12-11-13-5-3-4-6-14-8-10-16(2,9-7-13)15(12)14/h3-10,12,15H,11H2,1-2H3/b4-3-,13-5-,14-6-/t12-,15+,16+/m1/s1. The fourth-order valence-electron chi connectivity index (χ4n) is 3.42. The van der Waals surface area contributed by atoms with Gasteiger partial charge in [-0.1, -0.05) is 62.5 Å². The van der Waals surface area contributed by atoms with Crippen molar-refractivity contribution < 1.29 is 0 Å². The molecule has 0 spiro atoms. The fourth-order valence-corrected chi connectivity index (χ4v) is 3.42. The van der Waals surface area contributed by atoms with Crippen LogP contribution in [-0.2, 0) is 0 Å². The van der Waals surface area contributed by atoms with E-state index in [0.717, 1.165) is 0 Å². The molecule has 0 aromatic rings. The van der Waals surface area contributed by atoms with E-state index < -0.39 is 0 Å². The minimum Gasteiger partial charge on any atom is -0.0739 e. The number of fused-ring (bicyclic) bond motifs is 2. The van der Waals surface area contributed by atoms with E-state index in [0.29, 0.717) is 11.8 Å². The highest BCUT2D eigenvalue weighted by atomic mass is 14.4. The van der Waals surface area contributed by atoms with Gasteiger partial charge in [-0.05, 0) is 29.4 Å². The SMILES string of the molecule is C[C@@H]1C\C2=C/C=C\C=C3\C=C[C@](C)(C=C2)[C@H]31. The van der Waals surface area contributed by atoms with Gasteiger partial charge in [-0.25, -0.2) is 0 Å². The predicted molar refractivity (Wildman–Crippen MR) is 69.0 cm³/mol. The summed E-state index contributed by atoms with van der Waals surface area (Å²) in [7, 11) is 0. The monoisotopic (exact) mass is 210 g/mol. The molecule has 0 saturated carbocycles. The van der Waals surface area contributed by atoms with E-state index in [9.17, 15) is 0 Å². The van der Waals surface area contributed by atoms with E-state index >= 15 is 0 Å². The molecule has 0 aromatic carbocycles. The van der Waals surface area contributed by atoms with Crippen molar-refractivity contribution in [2.45, 2.75) is 20.3 Å². The van der Waals surface area contributed by atoms with Crippen LogP contribution in [0.25, 0.3) is 0 Å². The Hall–Kier alpha value is -1.30. The second-order valence-corrected chi connectivity index (χ2v) is 5.48.